The average molecular weight is 964 g/mol. The Morgan fingerprint density at radius 2 is 1.72 bits per heavy atom. The molecule has 2 aromatic carbocycles. The highest BCUT2D eigenvalue weighted by atomic mass is 16.3. The van der Waals surface area contributed by atoms with E-state index in [-0.39, 0.29) is 55.3 Å². The van der Waals surface area contributed by atoms with Gasteiger partial charge in [-0.05, 0) is 112 Å². The van der Waals surface area contributed by atoms with Gasteiger partial charge in [-0.3, -0.25) is 9.59 Å². The lowest BCUT2D eigenvalue weighted by Crippen LogP contribution is -2.70. The van der Waals surface area contributed by atoms with E-state index in [0.29, 0.717) is 42.3 Å². The van der Waals surface area contributed by atoms with Crippen molar-refractivity contribution in [1.82, 2.24) is 50.5 Å². The van der Waals surface area contributed by atoms with Crippen molar-refractivity contribution in [2.45, 2.75) is 115 Å². The Kier molecular flexibility index (Phi) is 13.0. The number of H-pyrrole nitrogens is 1. The second kappa shape index (κ2) is 19.2. The van der Waals surface area contributed by atoms with Crippen LogP contribution in [0.2, 0.25) is 0 Å². The van der Waals surface area contributed by atoms with E-state index in [9.17, 15) is 29.7 Å². The SMILES string of the molecule is C#Cc1ccc([C@H](C)NC(=O)[C@@H]2C[C@@H](O)CN2C(=O)[C@@H](NC(=O)N2CC3(CC(N4CCC(c5cnc(N6CCc7[nH]c8nnc(-c9ccccc9O)cc8c7[C@H]6C)nc5)CC4)C3)C2)C(C)(C)CCO)cc1. The number of amides is 4. The van der Waals surface area contributed by atoms with Gasteiger partial charge in [0.05, 0.1) is 23.9 Å². The van der Waals surface area contributed by atoms with Crippen LogP contribution in [0.5, 0.6) is 5.75 Å². The van der Waals surface area contributed by atoms with Crippen molar-refractivity contribution in [2.24, 2.45) is 10.8 Å². The number of nitrogens with one attached hydrogen (secondary N) is 3. The number of anilines is 1. The van der Waals surface area contributed by atoms with Crippen LogP contribution in [0.1, 0.15) is 112 Å². The molecular weight excluding hydrogens is 899 g/mol. The van der Waals surface area contributed by atoms with Crippen molar-refractivity contribution in [3.8, 4) is 29.4 Å². The molecule has 4 amide bonds. The third kappa shape index (κ3) is 9.29. The van der Waals surface area contributed by atoms with Gasteiger partial charge in [-0.25, -0.2) is 14.8 Å². The van der Waals surface area contributed by atoms with Crippen LogP contribution >= 0.6 is 0 Å². The highest BCUT2D eigenvalue weighted by Gasteiger charge is 2.56. The summed E-state index contributed by atoms with van der Waals surface area (Å²) in [5, 5.41) is 47.1. The van der Waals surface area contributed by atoms with E-state index in [2.05, 4.69) is 48.5 Å². The summed E-state index contributed by atoms with van der Waals surface area (Å²) in [6, 6.07) is 14.3. The van der Waals surface area contributed by atoms with E-state index < -0.39 is 35.4 Å². The Morgan fingerprint density at radius 1 is 1.00 bits per heavy atom. The van der Waals surface area contributed by atoms with E-state index in [4.69, 9.17) is 16.4 Å². The normalized spacial score (nSPS) is 22.3. The number of phenols is 1. The molecule has 372 valence electrons. The molecule has 7 heterocycles. The second-order valence-corrected chi connectivity index (χ2v) is 21.4. The first-order chi connectivity index (χ1) is 34.1. The van der Waals surface area contributed by atoms with Gasteiger partial charge in [0, 0.05) is 97.2 Å². The van der Waals surface area contributed by atoms with Crippen LogP contribution in [-0.2, 0) is 16.0 Å². The Bertz CT molecular complexity index is 2820. The van der Waals surface area contributed by atoms with Crippen LogP contribution in [0.25, 0.3) is 22.3 Å². The summed E-state index contributed by atoms with van der Waals surface area (Å²) in [6.45, 7) is 11.4. The fourth-order valence-corrected chi connectivity index (χ4v) is 12.0. The first-order valence-electron chi connectivity index (χ1n) is 25.1. The monoisotopic (exact) mass is 964 g/mol. The third-order valence-electron chi connectivity index (χ3n) is 16.3. The predicted octanol–water partition coefficient (Wildman–Crippen LogP) is 5.20. The van der Waals surface area contributed by atoms with Crippen molar-refractivity contribution < 1.29 is 29.7 Å². The molecular formula is C54H65N11O6. The molecule has 5 aromatic rings. The summed E-state index contributed by atoms with van der Waals surface area (Å²) in [4.78, 5) is 63.3. The number of benzene rings is 2. The van der Waals surface area contributed by atoms with Gasteiger partial charge < -0.3 is 50.5 Å². The molecule has 1 aliphatic carbocycles. The standard InChI is InChI=1S/C54H65N11O6/c1-6-34-11-13-35(14-12-34)32(2)57-49(69)44-23-39(67)29-65(44)50(70)47(53(4,5)18-22-66)59-52(71)63-30-54(31-63)25-38(26-54)62-19-15-36(16-20-62)37-27-55-51(56-28-37)64-21-17-42-46(33(64)3)41-24-43(60-61-48(41)58-42)40-9-7-8-10-45(40)68/h1,7-14,24,27-28,32-33,36,38-39,44,47,66-68H,15-23,25-26,29-31H2,2-5H3,(H,57,69)(H,58,61)(H,59,71)/t32-,33+,39+,44-,47+/m0/s1. The van der Waals surface area contributed by atoms with Gasteiger partial charge in [0.25, 0.3) is 0 Å². The Morgan fingerprint density at radius 3 is 2.41 bits per heavy atom. The van der Waals surface area contributed by atoms with Crippen molar-refractivity contribution >= 4 is 34.8 Å². The lowest BCUT2D eigenvalue weighted by Gasteiger charge is -2.61. The van der Waals surface area contributed by atoms with Crippen LogP contribution in [0.4, 0.5) is 10.7 Å². The predicted molar refractivity (Wildman–Crippen MR) is 268 cm³/mol. The number of aromatic nitrogens is 5. The number of hydrogen-bond acceptors (Lipinski definition) is 12. The number of aliphatic hydroxyl groups is 2. The number of carbonyl (C=O) groups is 3. The highest BCUT2D eigenvalue weighted by Crippen LogP contribution is 2.51. The molecule has 5 atom stereocenters. The average Bonchev–Trinajstić information content (AvgIpc) is 3.93. The zero-order chi connectivity index (χ0) is 49.8. The maximum absolute atomic E-state index is 14.4. The number of piperidine rings is 1. The molecule has 1 saturated carbocycles. The number of likely N-dealkylation sites (tertiary alicyclic amines) is 3. The molecule has 6 N–H and O–H groups in total. The smallest absolute Gasteiger partial charge is 0.318 e. The molecule has 5 aliphatic rings. The van der Waals surface area contributed by atoms with Crippen LogP contribution in [0.3, 0.4) is 0 Å². The number of aromatic amines is 1. The number of β-amino-alcohol motifs (C(OH)–C–C–N with tert-alkyl or cyclic N) is 1. The number of aliphatic hydroxyl groups excluding tert-OH is 2. The van der Waals surface area contributed by atoms with Gasteiger partial charge in [-0.15, -0.1) is 16.6 Å². The number of para-hydroxylation sites is 1. The van der Waals surface area contributed by atoms with E-state index >= 15 is 0 Å². The molecule has 1 spiro atoms. The minimum atomic E-state index is -1.03. The molecule has 3 aromatic heterocycles. The zero-order valence-electron chi connectivity index (χ0n) is 41.0. The van der Waals surface area contributed by atoms with E-state index in [1.807, 2.05) is 63.5 Å². The van der Waals surface area contributed by atoms with Crippen molar-refractivity contribution in [1.29, 1.82) is 0 Å². The Balaban J connectivity index is 0.708. The fourth-order valence-electron chi connectivity index (χ4n) is 12.0. The Labute approximate surface area is 414 Å². The molecule has 10 rings (SSSR count). The number of hydrogen-bond donors (Lipinski definition) is 6. The number of aromatic hydroxyl groups is 1. The van der Waals surface area contributed by atoms with Crippen LogP contribution in [-0.4, -0.2) is 143 Å². The highest BCUT2D eigenvalue weighted by molar-refractivity contribution is 5.93. The van der Waals surface area contributed by atoms with E-state index in [1.165, 1.54) is 4.90 Å². The molecule has 17 heteroatoms. The molecule has 0 bridgehead atoms. The van der Waals surface area contributed by atoms with E-state index in [1.54, 1.807) is 29.2 Å². The summed E-state index contributed by atoms with van der Waals surface area (Å²) >= 11 is 0. The Hall–Kier alpha value is -6.61. The van der Waals surface area contributed by atoms with Gasteiger partial charge >= 0.3 is 6.03 Å². The number of carbonyl (C=O) groups excluding carboxylic acids is 3. The molecule has 71 heavy (non-hydrogen) atoms. The van der Waals surface area contributed by atoms with Crippen LogP contribution in [0.15, 0.2) is 67.0 Å². The minimum absolute atomic E-state index is 0.00129. The summed E-state index contributed by atoms with van der Waals surface area (Å²) in [5.74, 6) is 2.99. The first kappa shape index (κ1) is 48.0. The van der Waals surface area contributed by atoms with Crippen molar-refractivity contribution in [3.05, 3.63) is 94.9 Å². The number of nitrogens with zero attached hydrogens (tertiary/aromatic N) is 8. The summed E-state index contributed by atoms with van der Waals surface area (Å²) in [6.07, 6.45) is 13.8. The van der Waals surface area contributed by atoms with Crippen LogP contribution in [0, 0.1) is 23.2 Å². The van der Waals surface area contributed by atoms with Crippen LogP contribution < -0.4 is 15.5 Å². The van der Waals surface area contributed by atoms with Gasteiger partial charge in [0.15, 0.2) is 5.65 Å². The number of rotatable bonds is 12. The molecule has 0 radical (unpaired) electrons. The second-order valence-electron chi connectivity index (χ2n) is 21.4. The molecule has 4 fully saturated rings. The summed E-state index contributed by atoms with van der Waals surface area (Å²) in [5.41, 5.74) is 6.23. The molecule has 0 unspecified atom stereocenters. The van der Waals surface area contributed by atoms with Gasteiger partial charge in [0.1, 0.15) is 17.8 Å². The quantitative estimate of drug-likeness (QED) is 0.0891. The number of fused-ring (bicyclic) bond motifs is 3. The topological polar surface area (TPSA) is 216 Å². The number of urea groups is 1. The lowest BCUT2D eigenvalue weighted by atomic mass is 9.60. The van der Waals surface area contributed by atoms with Gasteiger partial charge in [-0.1, -0.05) is 44.0 Å². The third-order valence-corrected chi connectivity index (χ3v) is 16.3. The first-order valence-corrected chi connectivity index (χ1v) is 25.1. The lowest BCUT2D eigenvalue weighted by molar-refractivity contribution is -0.143. The summed E-state index contributed by atoms with van der Waals surface area (Å²) < 4.78 is 0. The molecule has 4 aliphatic heterocycles. The molecule has 3 saturated heterocycles. The van der Waals surface area contributed by atoms with Crippen molar-refractivity contribution in [2.75, 3.05) is 50.8 Å². The molecule has 17 nitrogen and oxygen atoms in total. The van der Waals surface area contributed by atoms with Gasteiger partial charge in [0.2, 0.25) is 17.8 Å². The van der Waals surface area contributed by atoms with Gasteiger partial charge in [-0.2, -0.15) is 0 Å². The number of terminal acetylenes is 1. The van der Waals surface area contributed by atoms with E-state index in [0.717, 1.165) is 90.7 Å². The zero-order valence-corrected chi connectivity index (χ0v) is 41.0. The fraction of sp³-hybridized carbons (Fsp3) is 0.500. The largest absolute Gasteiger partial charge is 0.507 e. The maximum Gasteiger partial charge on any atom is 0.318 e. The summed E-state index contributed by atoms with van der Waals surface area (Å²) in [7, 11) is 0. The number of phenolic OH excluding ortho intramolecular Hbond substituents is 1. The van der Waals surface area contributed by atoms with Crippen molar-refractivity contribution in [3.63, 3.8) is 0 Å². The minimum Gasteiger partial charge on any atom is -0.507 e. The maximum atomic E-state index is 14.4.